The van der Waals surface area contributed by atoms with Crippen LogP contribution in [0.25, 0.3) is 99.5 Å². The van der Waals surface area contributed by atoms with E-state index in [9.17, 15) is 0 Å². The first kappa shape index (κ1) is 27.5. The van der Waals surface area contributed by atoms with Crippen molar-refractivity contribution in [3.05, 3.63) is 164 Å². The van der Waals surface area contributed by atoms with Gasteiger partial charge in [-0.15, -0.1) is 0 Å². The van der Waals surface area contributed by atoms with Gasteiger partial charge in [0.15, 0.2) is 17.5 Å². The molecule has 0 radical (unpaired) electrons. The van der Waals surface area contributed by atoms with Gasteiger partial charge in [-0.1, -0.05) is 146 Å². The van der Waals surface area contributed by atoms with Crippen molar-refractivity contribution < 1.29 is 4.42 Å². The van der Waals surface area contributed by atoms with Crippen molar-refractivity contribution in [2.75, 3.05) is 0 Å². The van der Waals surface area contributed by atoms with E-state index >= 15 is 0 Å². The number of hydrogen-bond donors (Lipinski definition) is 0. The van der Waals surface area contributed by atoms with E-state index < -0.39 is 0 Å². The molecular weight excluding hydrogens is 599 g/mol. The Morgan fingerprint density at radius 2 is 0.898 bits per heavy atom. The maximum absolute atomic E-state index is 6.97. The molecule has 0 atom stereocenters. The summed E-state index contributed by atoms with van der Waals surface area (Å²) in [4.78, 5) is 15.5. The topological polar surface area (TPSA) is 51.8 Å². The molecule has 2 heterocycles. The van der Waals surface area contributed by atoms with E-state index in [2.05, 4.69) is 127 Å². The molecule has 10 rings (SSSR count). The summed E-state index contributed by atoms with van der Waals surface area (Å²) in [5, 5.41) is 8.72. The number of furan rings is 1. The fourth-order valence-electron chi connectivity index (χ4n) is 7.15. The van der Waals surface area contributed by atoms with Gasteiger partial charge in [0, 0.05) is 38.2 Å². The lowest BCUT2D eigenvalue weighted by atomic mass is 9.95. The summed E-state index contributed by atoms with van der Waals surface area (Å²) >= 11 is 0. The first-order valence-electron chi connectivity index (χ1n) is 16.4. The second-order valence-electron chi connectivity index (χ2n) is 12.4. The Kier molecular flexibility index (Phi) is 6.15. The van der Waals surface area contributed by atoms with Crippen molar-refractivity contribution in [1.29, 1.82) is 0 Å². The van der Waals surface area contributed by atoms with Crippen LogP contribution in [0, 0.1) is 0 Å². The van der Waals surface area contributed by atoms with E-state index in [4.69, 9.17) is 19.4 Å². The van der Waals surface area contributed by atoms with Crippen LogP contribution < -0.4 is 0 Å². The molecule has 10 aromatic rings. The van der Waals surface area contributed by atoms with Crippen LogP contribution in [0.15, 0.2) is 168 Å². The molecule has 49 heavy (non-hydrogen) atoms. The van der Waals surface area contributed by atoms with Crippen LogP contribution in [0.1, 0.15) is 0 Å². The molecule has 2 aromatic heterocycles. The maximum Gasteiger partial charge on any atom is 0.164 e. The lowest BCUT2D eigenvalue weighted by Gasteiger charge is -2.12. The fourth-order valence-corrected chi connectivity index (χ4v) is 7.15. The molecule has 0 unspecified atom stereocenters. The summed E-state index contributed by atoms with van der Waals surface area (Å²) in [5.41, 5.74) is 6.71. The van der Waals surface area contributed by atoms with Crippen molar-refractivity contribution in [2.24, 2.45) is 0 Å². The highest BCUT2D eigenvalue weighted by atomic mass is 16.3. The van der Waals surface area contributed by atoms with Gasteiger partial charge in [-0.25, -0.2) is 15.0 Å². The minimum Gasteiger partial charge on any atom is -0.455 e. The predicted molar refractivity (Wildman–Crippen MR) is 201 cm³/mol. The molecule has 228 valence electrons. The molecule has 0 amide bonds. The van der Waals surface area contributed by atoms with E-state index in [1.807, 2.05) is 36.4 Å². The zero-order chi connectivity index (χ0) is 32.3. The van der Waals surface area contributed by atoms with Crippen LogP contribution in [-0.4, -0.2) is 15.0 Å². The van der Waals surface area contributed by atoms with Crippen molar-refractivity contribution in [3.8, 4) is 45.3 Å². The van der Waals surface area contributed by atoms with Crippen molar-refractivity contribution in [3.63, 3.8) is 0 Å². The van der Waals surface area contributed by atoms with Gasteiger partial charge in [-0.05, 0) is 50.9 Å². The van der Waals surface area contributed by atoms with Gasteiger partial charge < -0.3 is 4.42 Å². The van der Waals surface area contributed by atoms with Gasteiger partial charge >= 0.3 is 0 Å². The van der Waals surface area contributed by atoms with Gasteiger partial charge in [-0.3, -0.25) is 0 Å². The van der Waals surface area contributed by atoms with Crippen LogP contribution in [-0.2, 0) is 0 Å². The number of benzene rings is 8. The summed E-state index contributed by atoms with van der Waals surface area (Å²) in [6.07, 6.45) is 0. The van der Waals surface area contributed by atoms with Gasteiger partial charge in [0.1, 0.15) is 11.2 Å². The van der Waals surface area contributed by atoms with Crippen molar-refractivity contribution in [1.82, 2.24) is 15.0 Å². The smallest absolute Gasteiger partial charge is 0.164 e. The quantitative estimate of drug-likeness (QED) is 0.183. The third-order valence-corrected chi connectivity index (χ3v) is 9.47. The number of fused-ring (bicyclic) bond motifs is 9. The van der Waals surface area contributed by atoms with Gasteiger partial charge in [0.2, 0.25) is 0 Å². The first-order chi connectivity index (χ1) is 24.3. The first-order valence-corrected chi connectivity index (χ1v) is 16.4. The summed E-state index contributed by atoms with van der Waals surface area (Å²) in [7, 11) is 0. The Balaban J connectivity index is 1.31. The summed E-state index contributed by atoms with van der Waals surface area (Å²) < 4.78 is 6.97. The molecule has 0 saturated carbocycles. The molecule has 0 fully saturated rings. The molecule has 0 aliphatic heterocycles. The van der Waals surface area contributed by atoms with E-state index in [0.29, 0.717) is 17.5 Å². The number of nitrogens with zero attached hydrogens (tertiary/aromatic N) is 3. The monoisotopic (exact) mass is 625 g/mol. The third kappa shape index (κ3) is 4.49. The van der Waals surface area contributed by atoms with Crippen LogP contribution in [0.3, 0.4) is 0 Å². The number of hydrogen-bond acceptors (Lipinski definition) is 4. The largest absolute Gasteiger partial charge is 0.455 e. The van der Waals surface area contributed by atoms with E-state index in [0.717, 1.165) is 76.7 Å². The lowest BCUT2D eigenvalue weighted by Crippen LogP contribution is -2.00. The third-order valence-electron chi connectivity index (χ3n) is 9.47. The molecule has 0 saturated heterocycles. The van der Waals surface area contributed by atoms with E-state index in [1.165, 1.54) is 5.39 Å². The molecule has 0 aliphatic rings. The standard InChI is InChI=1S/C45H27N3O/c1-3-12-28(13-4-1)32-18-11-19-34(26-32)44-46-43(31-16-5-2-6-17-31)47-45(48-44)38-27-33-23-22-29-14-7-9-20-35(29)39(33)42-40(38)37-25-24-30-15-8-10-21-36(30)41(37)49-42/h1-27H. The highest BCUT2D eigenvalue weighted by molar-refractivity contribution is 6.28. The van der Waals surface area contributed by atoms with Gasteiger partial charge in [-0.2, -0.15) is 0 Å². The summed E-state index contributed by atoms with van der Waals surface area (Å²) in [5.74, 6) is 1.84. The Morgan fingerprint density at radius 1 is 0.327 bits per heavy atom. The number of aromatic nitrogens is 3. The average Bonchev–Trinajstić information content (AvgIpc) is 3.58. The normalized spacial score (nSPS) is 11.7. The molecule has 8 aromatic carbocycles. The zero-order valence-electron chi connectivity index (χ0n) is 26.3. The molecule has 4 heteroatoms. The predicted octanol–water partition coefficient (Wildman–Crippen LogP) is 11.9. The second-order valence-corrected chi connectivity index (χ2v) is 12.4. The summed E-state index contributed by atoms with van der Waals surface area (Å²) in [6.45, 7) is 0. The Hall–Kier alpha value is -6.65. The van der Waals surface area contributed by atoms with Crippen molar-refractivity contribution >= 4 is 54.3 Å². The highest BCUT2D eigenvalue weighted by Gasteiger charge is 2.22. The fraction of sp³-hybridized carbons (Fsp3) is 0. The minimum absolute atomic E-state index is 0.602. The van der Waals surface area contributed by atoms with E-state index in [-0.39, 0.29) is 0 Å². The molecule has 0 N–H and O–H groups in total. The Morgan fingerprint density at radius 3 is 1.69 bits per heavy atom. The Labute approximate surface area is 282 Å². The minimum atomic E-state index is 0.602. The molecule has 0 spiro atoms. The van der Waals surface area contributed by atoms with Crippen LogP contribution in [0.5, 0.6) is 0 Å². The molecule has 0 bridgehead atoms. The van der Waals surface area contributed by atoms with Gasteiger partial charge in [0.05, 0.1) is 0 Å². The number of rotatable bonds is 4. The van der Waals surface area contributed by atoms with Gasteiger partial charge in [0.25, 0.3) is 0 Å². The average molecular weight is 626 g/mol. The molecule has 4 nitrogen and oxygen atoms in total. The highest BCUT2D eigenvalue weighted by Crippen LogP contribution is 2.44. The SMILES string of the molecule is c1ccc(-c2cccc(-c3nc(-c4ccccc4)nc(-c4cc5ccc6ccccc6c5c5oc6c7ccccc7ccc6c45)n3)c2)cc1. The van der Waals surface area contributed by atoms with E-state index in [1.54, 1.807) is 0 Å². The Bertz CT molecular complexity index is 2880. The zero-order valence-corrected chi connectivity index (χ0v) is 26.3. The maximum atomic E-state index is 6.97. The summed E-state index contributed by atoms with van der Waals surface area (Å²) in [6, 6.07) is 56.8. The molecular formula is C45H27N3O. The second kappa shape index (κ2) is 11.0. The van der Waals surface area contributed by atoms with Crippen molar-refractivity contribution in [2.45, 2.75) is 0 Å². The van der Waals surface area contributed by atoms with Crippen LogP contribution in [0.4, 0.5) is 0 Å². The van der Waals surface area contributed by atoms with Crippen LogP contribution in [0.2, 0.25) is 0 Å². The van der Waals surface area contributed by atoms with Crippen LogP contribution >= 0.6 is 0 Å². The molecule has 0 aliphatic carbocycles. The lowest BCUT2D eigenvalue weighted by molar-refractivity contribution is 0.677.